The zero-order valence-electron chi connectivity index (χ0n) is 9.00. The lowest BCUT2D eigenvalue weighted by Crippen LogP contribution is -2.14. The molecule has 0 aliphatic carbocycles. The number of anilines is 1. The van der Waals surface area contributed by atoms with Crippen LogP contribution < -0.4 is 10.9 Å². The van der Waals surface area contributed by atoms with Crippen LogP contribution in [-0.2, 0) is 0 Å². The van der Waals surface area contributed by atoms with E-state index in [2.05, 4.69) is 21.2 Å². The van der Waals surface area contributed by atoms with E-state index >= 15 is 0 Å². The van der Waals surface area contributed by atoms with Gasteiger partial charge >= 0.3 is 0 Å². The maximum Gasteiger partial charge on any atom is 0.252 e. The summed E-state index contributed by atoms with van der Waals surface area (Å²) >= 11 is 0. The average Bonchev–Trinajstić information content (AvgIpc) is 2.17. The first-order chi connectivity index (χ1) is 7.13. The number of rotatable bonds is 4. The van der Waals surface area contributed by atoms with Gasteiger partial charge in [-0.15, -0.1) is 12.3 Å². The summed E-state index contributed by atoms with van der Waals surface area (Å²) in [4.78, 5) is 18.2. The molecular formula is C11H15N3O. The highest BCUT2D eigenvalue weighted by Gasteiger charge is 2.04. The van der Waals surface area contributed by atoms with Crippen LogP contribution in [0.3, 0.4) is 0 Å². The summed E-state index contributed by atoms with van der Waals surface area (Å²) < 4.78 is 0. The number of terminal acetylenes is 1. The van der Waals surface area contributed by atoms with Gasteiger partial charge in [0.15, 0.2) is 0 Å². The minimum Gasteiger partial charge on any atom is -0.369 e. The second kappa shape index (κ2) is 5.20. The summed E-state index contributed by atoms with van der Waals surface area (Å²) in [6.07, 6.45) is 5.74. The summed E-state index contributed by atoms with van der Waals surface area (Å²) in [6, 6.07) is 1.43. The smallest absolute Gasteiger partial charge is 0.252 e. The third-order valence-electron chi connectivity index (χ3n) is 1.88. The molecule has 1 heterocycles. The Bertz CT molecular complexity index is 415. The van der Waals surface area contributed by atoms with Gasteiger partial charge in [0.25, 0.3) is 5.56 Å². The second-order valence-corrected chi connectivity index (χ2v) is 3.55. The molecule has 0 aliphatic rings. The molecular weight excluding hydrogens is 190 g/mol. The molecule has 15 heavy (non-hydrogen) atoms. The van der Waals surface area contributed by atoms with Crippen molar-refractivity contribution in [3.8, 4) is 12.3 Å². The van der Waals surface area contributed by atoms with Gasteiger partial charge in [-0.1, -0.05) is 13.8 Å². The normalized spacial score (nSPS) is 10.0. The quantitative estimate of drug-likeness (QED) is 0.576. The minimum absolute atomic E-state index is 0.142. The molecule has 0 unspecified atom stereocenters. The van der Waals surface area contributed by atoms with Crippen molar-refractivity contribution in [1.29, 1.82) is 0 Å². The highest BCUT2D eigenvalue weighted by molar-refractivity contribution is 5.33. The Labute approximate surface area is 89.1 Å². The molecule has 0 bridgehead atoms. The predicted molar refractivity (Wildman–Crippen MR) is 60.9 cm³/mol. The summed E-state index contributed by atoms with van der Waals surface area (Å²) in [5, 5.41) is 3.01. The SMILES string of the molecule is C#CCCNc1cc(=O)[nH]c(C(C)C)n1. The lowest BCUT2D eigenvalue weighted by molar-refractivity contribution is 0.767. The number of nitrogens with zero attached hydrogens (tertiary/aromatic N) is 1. The fraction of sp³-hybridized carbons (Fsp3) is 0.455. The largest absolute Gasteiger partial charge is 0.369 e. The fourth-order valence-corrected chi connectivity index (χ4v) is 1.10. The van der Waals surface area contributed by atoms with E-state index < -0.39 is 0 Å². The van der Waals surface area contributed by atoms with Gasteiger partial charge in [0.05, 0.1) is 0 Å². The first kappa shape index (κ1) is 11.3. The van der Waals surface area contributed by atoms with E-state index in [1.54, 1.807) is 0 Å². The highest BCUT2D eigenvalue weighted by Crippen LogP contribution is 2.08. The number of H-pyrrole nitrogens is 1. The molecule has 0 amide bonds. The average molecular weight is 205 g/mol. The van der Waals surface area contributed by atoms with Crippen molar-refractivity contribution in [2.75, 3.05) is 11.9 Å². The van der Waals surface area contributed by atoms with E-state index in [9.17, 15) is 4.79 Å². The molecule has 0 radical (unpaired) electrons. The van der Waals surface area contributed by atoms with Crippen LogP contribution in [-0.4, -0.2) is 16.5 Å². The maximum absolute atomic E-state index is 11.3. The van der Waals surface area contributed by atoms with Gasteiger partial charge in [-0.3, -0.25) is 4.79 Å². The molecule has 1 aromatic rings. The van der Waals surface area contributed by atoms with Crippen molar-refractivity contribution < 1.29 is 0 Å². The van der Waals surface area contributed by atoms with Crippen LogP contribution in [0.2, 0.25) is 0 Å². The Hall–Kier alpha value is -1.76. The van der Waals surface area contributed by atoms with E-state index in [4.69, 9.17) is 6.42 Å². The standard InChI is InChI=1S/C11H15N3O/c1-4-5-6-12-9-7-10(15)14-11(13-9)8(2)3/h1,7-8H,5-6H2,2-3H3,(H2,12,13,14,15). The Morgan fingerprint density at radius 3 is 3.00 bits per heavy atom. The Balaban J connectivity index is 2.81. The van der Waals surface area contributed by atoms with E-state index in [0.717, 1.165) is 0 Å². The van der Waals surface area contributed by atoms with Crippen LogP contribution in [0.1, 0.15) is 32.0 Å². The van der Waals surface area contributed by atoms with E-state index in [1.165, 1.54) is 6.07 Å². The van der Waals surface area contributed by atoms with Gasteiger partial charge in [0.2, 0.25) is 0 Å². The zero-order valence-corrected chi connectivity index (χ0v) is 9.00. The van der Waals surface area contributed by atoms with Crippen LogP contribution in [0, 0.1) is 12.3 Å². The van der Waals surface area contributed by atoms with Crippen molar-refractivity contribution >= 4 is 5.82 Å². The third-order valence-corrected chi connectivity index (χ3v) is 1.88. The number of aromatic amines is 1. The van der Waals surface area contributed by atoms with Gasteiger partial charge in [0, 0.05) is 24.9 Å². The van der Waals surface area contributed by atoms with E-state index in [-0.39, 0.29) is 11.5 Å². The Kier molecular flexibility index (Phi) is 3.92. The molecule has 0 spiro atoms. The van der Waals surface area contributed by atoms with Crippen molar-refractivity contribution in [3.05, 3.63) is 22.2 Å². The predicted octanol–water partition coefficient (Wildman–Crippen LogP) is 1.33. The van der Waals surface area contributed by atoms with Crippen LogP contribution >= 0.6 is 0 Å². The summed E-state index contributed by atoms with van der Waals surface area (Å²) in [5.41, 5.74) is -0.142. The maximum atomic E-state index is 11.3. The fourth-order valence-electron chi connectivity index (χ4n) is 1.10. The monoisotopic (exact) mass is 205 g/mol. The summed E-state index contributed by atoms with van der Waals surface area (Å²) in [7, 11) is 0. The first-order valence-corrected chi connectivity index (χ1v) is 4.92. The van der Waals surface area contributed by atoms with Gasteiger partial charge in [-0.05, 0) is 0 Å². The molecule has 0 saturated heterocycles. The van der Waals surface area contributed by atoms with Gasteiger partial charge in [-0.25, -0.2) is 4.98 Å². The molecule has 0 saturated carbocycles. The molecule has 4 nitrogen and oxygen atoms in total. The number of hydrogen-bond donors (Lipinski definition) is 2. The molecule has 80 valence electrons. The molecule has 2 N–H and O–H groups in total. The Morgan fingerprint density at radius 1 is 1.67 bits per heavy atom. The highest BCUT2D eigenvalue weighted by atomic mass is 16.1. The van der Waals surface area contributed by atoms with Crippen molar-refractivity contribution in [2.24, 2.45) is 0 Å². The number of aromatic nitrogens is 2. The minimum atomic E-state index is -0.142. The molecule has 1 aromatic heterocycles. The van der Waals surface area contributed by atoms with E-state index in [0.29, 0.717) is 24.6 Å². The van der Waals surface area contributed by atoms with Crippen molar-refractivity contribution in [2.45, 2.75) is 26.2 Å². The molecule has 0 atom stereocenters. The molecule has 0 aromatic carbocycles. The number of hydrogen-bond acceptors (Lipinski definition) is 3. The third kappa shape index (κ3) is 3.47. The zero-order chi connectivity index (χ0) is 11.3. The van der Waals surface area contributed by atoms with Crippen molar-refractivity contribution in [1.82, 2.24) is 9.97 Å². The topological polar surface area (TPSA) is 57.8 Å². The van der Waals surface area contributed by atoms with Crippen LogP contribution in [0.15, 0.2) is 10.9 Å². The lowest BCUT2D eigenvalue weighted by Gasteiger charge is -2.07. The lowest BCUT2D eigenvalue weighted by atomic mass is 10.2. The van der Waals surface area contributed by atoms with Crippen molar-refractivity contribution in [3.63, 3.8) is 0 Å². The van der Waals surface area contributed by atoms with Crippen LogP contribution in [0.25, 0.3) is 0 Å². The first-order valence-electron chi connectivity index (χ1n) is 4.92. The summed E-state index contributed by atoms with van der Waals surface area (Å²) in [6.45, 7) is 4.58. The molecule has 4 heteroatoms. The number of nitrogens with one attached hydrogen (secondary N) is 2. The molecule has 0 aliphatic heterocycles. The second-order valence-electron chi connectivity index (χ2n) is 3.55. The molecule has 1 rings (SSSR count). The van der Waals surface area contributed by atoms with Crippen LogP contribution in [0.4, 0.5) is 5.82 Å². The summed E-state index contributed by atoms with van der Waals surface area (Å²) in [5.74, 6) is 3.98. The molecule has 0 fully saturated rings. The van der Waals surface area contributed by atoms with Crippen LogP contribution in [0.5, 0.6) is 0 Å². The van der Waals surface area contributed by atoms with Gasteiger partial charge in [-0.2, -0.15) is 0 Å². The van der Waals surface area contributed by atoms with E-state index in [1.807, 2.05) is 13.8 Å². The van der Waals surface area contributed by atoms with Gasteiger partial charge < -0.3 is 10.3 Å². The Morgan fingerprint density at radius 2 is 2.40 bits per heavy atom. The van der Waals surface area contributed by atoms with Gasteiger partial charge in [0.1, 0.15) is 11.6 Å².